The van der Waals surface area contributed by atoms with Gasteiger partial charge in [0.15, 0.2) is 36.2 Å². The number of alkyl halides is 3. The van der Waals surface area contributed by atoms with Crippen molar-refractivity contribution >= 4 is 22.6 Å². The van der Waals surface area contributed by atoms with Gasteiger partial charge in [0.05, 0.1) is 11.0 Å². The second kappa shape index (κ2) is 15.1. The van der Waals surface area contributed by atoms with Crippen LogP contribution in [0.2, 0.25) is 0 Å². The zero-order valence-corrected chi connectivity index (χ0v) is 30.1. The van der Waals surface area contributed by atoms with Gasteiger partial charge in [-0.15, -0.1) is 0 Å². The van der Waals surface area contributed by atoms with E-state index >= 15 is 4.39 Å². The van der Waals surface area contributed by atoms with Crippen molar-refractivity contribution in [1.29, 1.82) is 0 Å². The van der Waals surface area contributed by atoms with Crippen molar-refractivity contribution in [3.05, 3.63) is 92.6 Å². The molecule has 4 saturated heterocycles. The summed E-state index contributed by atoms with van der Waals surface area (Å²) in [5.41, 5.74) is 19.3. The number of fused-ring (bicyclic) bond motifs is 2. The molecule has 2 aromatic heterocycles. The second-order valence-corrected chi connectivity index (χ2v) is 12.0. The maximum Gasteiger partial charge on any atom is 1.00 e. The minimum atomic E-state index is -2.45. The molecule has 0 bridgehead atoms. The van der Waals surface area contributed by atoms with Crippen molar-refractivity contribution < 1.29 is 66.8 Å². The van der Waals surface area contributed by atoms with Crippen LogP contribution in [0.1, 0.15) is 40.2 Å². The van der Waals surface area contributed by atoms with Crippen LogP contribution >= 0.6 is 22.6 Å². The number of halogens is 3. The van der Waals surface area contributed by atoms with Gasteiger partial charge in [0.2, 0.25) is 11.7 Å². The van der Waals surface area contributed by atoms with Crippen LogP contribution in [0.15, 0.2) is 48.8 Å². The Morgan fingerprint density at radius 1 is 0.792 bits per heavy atom. The van der Waals surface area contributed by atoms with Crippen molar-refractivity contribution in [3.63, 3.8) is 0 Å². The molecule has 2 aromatic rings. The van der Waals surface area contributed by atoms with Crippen molar-refractivity contribution in [3.8, 4) is 0 Å². The van der Waals surface area contributed by atoms with Crippen LogP contribution in [-0.2, 0) is 28.4 Å². The van der Waals surface area contributed by atoms with Crippen LogP contribution in [0, 0.1) is 0 Å². The SMILES string of the molecule is CC1(C)OC2[C@H](O1)[C@H](n1ccc(=O)[nH]c1=O)O[C@]2(F)CI.CC1(C)OC2[C@H](O1)[C@H](n1ccc(=O)[nH]c1=O)O[C@]2(F)CN=[N+]=[N-].[N-]=[N+]=[N-].[Na+]. The third-order valence-electron chi connectivity index (χ3n) is 7.09. The van der Waals surface area contributed by atoms with E-state index < -0.39 is 89.2 Å². The van der Waals surface area contributed by atoms with Gasteiger partial charge in [-0.25, -0.2) is 18.4 Å². The Bertz CT molecular complexity index is 1810. The molecule has 4 aliphatic rings. The van der Waals surface area contributed by atoms with Gasteiger partial charge in [-0.2, -0.15) is 0 Å². The standard InChI is InChI=1S/C12H14FIN2O5.C12H14FN5O5.N3.Na/c1-11(2)19-7-8(20-11)12(13,5-14)21-9(7)16-4-3-6(17)15-10(16)18;1-11(2)21-7-8(22-11)12(13,5-15-17-14)23-9(7)18-4-3-6(19)16-10(18)20;1-3-2;/h3-4,7-9H,5H2,1-2H3,(H,15,17,18);3-4,7-9H,5H2,1-2H3,(H,16,19,20);;/q;;-1;+1/t2*7-,8?,9+,12+;;/m00../s1. The average molecular weight is 804 g/mol. The summed E-state index contributed by atoms with van der Waals surface area (Å²) in [7, 11) is 0. The molecule has 0 radical (unpaired) electrons. The summed E-state index contributed by atoms with van der Waals surface area (Å²) >= 11 is 1.86. The molecule has 24 heteroatoms. The summed E-state index contributed by atoms with van der Waals surface area (Å²) in [4.78, 5) is 54.3. The normalized spacial score (nSPS) is 33.3. The smallest absolute Gasteiger partial charge is 0.373 e. The van der Waals surface area contributed by atoms with Crippen molar-refractivity contribution in [2.24, 2.45) is 5.11 Å². The molecule has 2 N–H and O–H groups in total. The summed E-state index contributed by atoms with van der Waals surface area (Å²) < 4.78 is 65.1. The molecule has 0 spiro atoms. The van der Waals surface area contributed by atoms with Crippen LogP contribution in [0.4, 0.5) is 8.78 Å². The first-order chi connectivity index (χ1) is 21.9. The molecule has 0 amide bonds. The van der Waals surface area contributed by atoms with Gasteiger partial charge >= 0.3 is 40.9 Å². The van der Waals surface area contributed by atoms with Crippen LogP contribution < -0.4 is 52.1 Å². The Balaban J connectivity index is 0.000000237. The number of nitrogens with one attached hydrogen (secondary N) is 2. The van der Waals surface area contributed by atoms with Crippen molar-refractivity contribution in [2.75, 3.05) is 11.0 Å². The molecular formula is C24H28F2IN10NaO10. The zero-order chi connectivity index (χ0) is 34.9. The van der Waals surface area contributed by atoms with E-state index in [1.807, 2.05) is 22.6 Å². The molecule has 20 nitrogen and oxygen atoms in total. The van der Waals surface area contributed by atoms with Crippen LogP contribution in [0.5, 0.6) is 0 Å². The fourth-order valence-electron chi connectivity index (χ4n) is 5.38. The van der Waals surface area contributed by atoms with Crippen molar-refractivity contribution in [2.45, 2.75) is 87.9 Å². The minimum Gasteiger partial charge on any atom is -0.373 e. The maximum atomic E-state index is 15.1. The number of aromatic amines is 2. The number of aromatic nitrogens is 4. The molecule has 256 valence electrons. The van der Waals surface area contributed by atoms with Crippen molar-refractivity contribution in [1.82, 2.24) is 19.1 Å². The number of nitrogens with zero attached hydrogens (tertiary/aromatic N) is 8. The average Bonchev–Trinajstić information content (AvgIpc) is 3.65. The molecule has 8 atom stereocenters. The molecule has 4 aliphatic heterocycles. The summed E-state index contributed by atoms with van der Waals surface area (Å²) in [5.74, 6) is -6.58. The van der Waals surface area contributed by atoms with E-state index in [4.69, 9.17) is 45.0 Å². The van der Waals surface area contributed by atoms with Gasteiger partial charge in [0.1, 0.15) is 12.2 Å². The molecular weight excluding hydrogens is 776 g/mol. The van der Waals surface area contributed by atoms with Gasteiger partial charge in [-0.05, 0) is 33.2 Å². The molecule has 0 aromatic carbocycles. The third-order valence-corrected chi connectivity index (χ3v) is 8.13. The van der Waals surface area contributed by atoms with Gasteiger partial charge in [-0.3, -0.25) is 33.6 Å². The Labute approximate surface area is 303 Å². The molecule has 6 heterocycles. The van der Waals surface area contributed by atoms with E-state index in [0.29, 0.717) is 0 Å². The monoisotopic (exact) mass is 804 g/mol. The van der Waals surface area contributed by atoms with Gasteiger partial charge < -0.3 is 39.5 Å². The predicted molar refractivity (Wildman–Crippen MR) is 161 cm³/mol. The largest absolute Gasteiger partial charge is 1.00 e. The zero-order valence-electron chi connectivity index (χ0n) is 26.0. The molecule has 0 saturated carbocycles. The Kier molecular flexibility index (Phi) is 12.5. The first kappa shape index (κ1) is 39.8. The van der Waals surface area contributed by atoms with Crippen LogP contribution in [-0.4, -0.2) is 77.8 Å². The van der Waals surface area contributed by atoms with Gasteiger partial charge in [-0.1, -0.05) is 27.7 Å². The molecule has 4 fully saturated rings. The van der Waals surface area contributed by atoms with E-state index in [1.165, 1.54) is 23.4 Å². The molecule has 2 unspecified atom stereocenters. The molecule has 0 aliphatic carbocycles. The number of rotatable bonds is 5. The topological polar surface area (TPSA) is 273 Å². The summed E-state index contributed by atoms with van der Waals surface area (Å²) in [6.07, 6.45) is -3.59. The summed E-state index contributed by atoms with van der Waals surface area (Å²) in [6.45, 7) is 5.88. The number of ether oxygens (including phenoxy) is 6. The van der Waals surface area contributed by atoms with Crippen LogP contribution in [0.25, 0.3) is 26.4 Å². The minimum absolute atomic E-state index is 0. The van der Waals surface area contributed by atoms with E-state index in [1.54, 1.807) is 27.7 Å². The quantitative estimate of drug-likeness (QED) is 0.0941. The van der Waals surface area contributed by atoms with E-state index in [0.717, 1.165) is 15.2 Å². The third kappa shape index (κ3) is 8.20. The summed E-state index contributed by atoms with van der Waals surface area (Å²) in [6, 6.07) is 2.27. The predicted octanol–water partition coefficient (Wildman–Crippen LogP) is -0.882. The van der Waals surface area contributed by atoms with Crippen LogP contribution in [0.3, 0.4) is 0 Å². The van der Waals surface area contributed by atoms with E-state index in [2.05, 4.69) is 20.0 Å². The Morgan fingerprint density at radius 2 is 1.19 bits per heavy atom. The first-order valence-corrected chi connectivity index (χ1v) is 15.1. The number of hydrogen-bond donors (Lipinski definition) is 2. The van der Waals surface area contributed by atoms with E-state index in [9.17, 15) is 23.6 Å². The summed E-state index contributed by atoms with van der Waals surface area (Å²) in [5, 5.41) is 3.20. The second-order valence-electron chi connectivity index (χ2n) is 11.3. The molecule has 48 heavy (non-hydrogen) atoms. The fraction of sp³-hybridized carbons (Fsp3) is 0.667. The Hall–Kier alpha value is -2.67. The van der Waals surface area contributed by atoms with Gasteiger partial charge in [0, 0.05) is 29.4 Å². The number of hydrogen-bond acceptors (Lipinski definition) is 11. The number of azide groups is 1. The first-order valence-electron chi connectivity index (χ1n) is 13.6. The Morgan fingerprint density at radius 3 is 1.56 bits per heavy atom. The van der Waals surface area contributed by atoms with E-state index in [-0.39, 0.29) is 34.0 Å². The number of H-pyrrole nitrogens is 2. The molecule has 6 rings (SSSR count). The van der Waals surface area contributed by atoms with Gasteiger partial charge in [0.25, 0.3) is 11.1 Å². The maximum absolute atomic E-state index is 15.1. The fourth-order valence-corrected chi connectivity index (χ4v) is 5.99.